The second-order valence-corrected chi connectivity index (χ2v) is 6.43. The van der Waals surface area contributed by atoms with Crippen molar-refractivity contribution in [1.82, 2.24) is 0 Å². The van der Waals surface area contributed by atoms with Gasteiger partial charge in [-0.05, 0) is 37.7 Å². The third-order valence-electron chi connectivity index (χ3n) is 5.05. The Bertz CT molecular complexity index is 453. The molecule has 21 heavy (non-hydrogen) atoms. The number of ether oxygens (including phenoxy) is 2. The van der Waals surface area contributed by atoms with Gasteiger partial charge in [0.1, 0.15) is 6.29 Å². The molecule has 0 amide bonds. The monoisotopic (exact) mass is 288 g/mol. The summed E-state index contributed by atoms with van der Waals surface area (Å²) in [6.07, 6.45) is 7.79. The van der Waals surface area contributed by atoms with E-state index < -0.39 is 0 Å². The second-order valence-electron chi connectivity index (χ2n) is 6.43. The van der Waals surface area contributed by atoms with Gasteiger partial charge in [0.15, 0.2) is 5.79 Å². The maximum Gasteiger partial charge on any atom is 0.168 e. The fraction of sp³-hybridized carbons (Fsp3) is 0.611. The lowest BCUT2D eigenvalue weighted by atomic mass is 9.70. The van der Waals surface area contributed by atoms with Crippen LogP contribution in [0.5, 0.6) is 0 Å². The number of carbonyl (C=O) groups is 1. The molecule has 1 spiro atoms. The van der Waals surface area contributed by atoms with Crippen LogP contribution in [0.15, 0.2) is 30.3 Å². The van der Waals surface area contributed by atoms with Gasteiger partial charge in [-0.2, -0.15) is 0 Å². The van der Waals surface area contributed by atoms with E-state index in [-0.39, 0.29) is 11.2 Å². The minimum absolute atomic E-state index is 0.157. The van der Waals surface area contributed by atoms with Crippen molar-refractivity contribution >= 4 is 6.29 Å². The lowest BCUT2D eigenvalue weighted by Crippen LogP contribution is -2.40. The lowest BCUT2D eigenvalue weighted by molar-refractivity contribution is -0.191. The molecule has 1 aromatic carbocycles. The van der Waals surface area contributed by atoms with Crippen LogP contribution in [0, 0.1) is 5.41 Å². The highest BCUT2D eigenvalue weighted by Gasteiger charge is 2.45. The maximum absolute atomic E-state index is 11.6. The molecule has 0 aromatic heterocycles. The second kappa shape index (κ2) is 6.29. The molecule has 3 rings (SSSR count). The highest BCUT2D eigenvalue weighted by atomic mass is 16.7. The Morgan fingerprint density at radius 2 is 1.67 bits per heavy atom. The largest absolute Gasteiger partial charge is 0.348 e. The summed E-state index contributed by atoms with van der Waals surface area (Å²) in [7, 11) is 0. The molecule has 0 atom stereocenters. The van der Waals surface area contributed by atoms with Crippen molar-refractivity contribution in [2.75, 3.05) is 13.2 Å². The van der Waals surface area contributed by atoms with Crippen LogP contribution in [0.1, 0.15) is 44.1 Å². The summed E-state index contributed by atoms with van der Waals surface area (Å²) in [5, 5.41) is 0. The van der Waals surface area contributed by atoms with Gasteiger partial charge in [-0.1, -0.05) is 30.3 Å². The van der Waals surface area contributed by atoms with E-state index in [1.54, 1.807) is 0 Å². The van der Waals surface area contributed by atoms with Crippen LogP contribution in [0.3, 0.4) is 0 Å². The topological polar surface area (TPSA) is 35.5 Å². The third-order valence-corrected chi connectivity index (χ3v) is 5.05. The number of aldehydes is 1. The molecule has 0 radical (unpaired) electrons. The molecule has 1 saturated heterocycles. The molecular weight excluding hydrogens is 264 g/mol. The lowest BCUT2D eigenvalue weighted by Gasteiger charge is -2.40. The highest BCUT2D eigenvalue weighted by Crippen LogP contribution is 2.46. The molecule has 1 aliphatic heterocycles. The number of hydrogen-bond acceptors (Lipinski definition) is 3. The molecule has 1 saturated carbocycles. The predicted octanol–water partition coefficient (Wildman–Crippen LogP) is 3.51. The summed E-state index contributed by atoms with van der Waals surface area (Å²) in [5.74, 6) is -0.369. The number of carbonyl (C=O) groups excluding carboxylic acids is 1. The van der Waals surface area contributed by atoms with E-state index in [1.165, 1.54) is 11.8 Å². The summed E-state index contributed by atoms with van der Waals surface area (Å²) in [6.45, 7) is 1.39. The van der Waals surface area contributed by atoms with Crippen molar-refractivity contribution < 1.29 is 14.3 Å². The van der Waals surface area contributed by atoms with Gasteiger partial charge in [-0.25, -0.2) is 0 Å². The van der Waals surface area contributed by atoms with Crippen molar-refractivity contribution in [2.45, 2.75) is 50.7 Å². The molecule has 0 unspecified atom stereocenters. The zero-order valence-electron chi connectivity index (χ0n) is 12.6. The Labute approximate surface area is 126 Å². The molecule has 2 fully saturated rings. The summed E-state index contributed by atoms with van der Waals surface area (Å²) in [4.78, 5) is 11.6. The molecule has 3 heteroatoms. The molecular formula is C18H24O3. The SMILES string of the molecule is O=CC1(CCCc2ccccc2)CCC2(CC1)OCCO2. The van der Waals surface area contributed by atoms with Crippen molar-refractivity contribution in [3.8, 4) is 0 Å². The first-order chi connectivity index (χ1) is 10.3. The normalized spacial score (nSPS) is 23.2. The van der Waals surface area contributed by atoms with Crippen LogP contribution in [0.25, 0.3) is 0 Å². The summed E-state index contributed by atoms with van der Waals surface area (Å²) < 4.78 is 11.5. The quantitative estimate of drug-likeness (QED) is 0.778. The Hall–Kier alpha value is -1.19. The first-order valence-electron chi connectivity index (χ1n) is 8.04. The Morgan fingerprint density at radius 1 is 1.00 bits per heavy atom. The van der Waals surface area contributed by atoms with E-state index in [9.17, 15) is 4.79 Å². The number of aryl methyl sites for hydroxylation is 1. The summed E-state index contributed by atoms with van der Waals surface area (Å²) >= 11 is 0. The average Bonchev–Trinajstić information content (AvgIpc) is 3.00. The fourth-order valence-corrected chi connectivity index (χ4v) is 3.63. The van der Waals surface area contributed by atoms with E-state index >= 15 is 0 Å². The highest BCUT2D eigenvalue weighted by molar-refractivity contribution is 5.59. The Balaban J connectivity index is 1.52. The van der Waals surface area contributed by atoms with Crippen molar-refractivity contribution in [1.29, 1.82) is 0 Å². The molecule has 3 nitrogen and oxygen atoms in total. The van der Waals surface area contributed by atoms with E-state index in [0.717, 1.165) is 44.9 Å². The summed E-state index contributed by atoms with van der Waals surface area (Å²) in [6, 6.07) is 10.5. The summed E-state index contributed by atoms with van der Waals surface area (Å²) in [5.41, 5.74) is 1.20. The van der Waals surface area contributed by atoms with E-state index in [4.69, 9.17) is 9.47 Å². The van der Waals surface area contributed by atoms with Crippen LogP contribution in [0.2, 0.25) is 0 Å². The van der Waals surface area contributed by atoms with Gasteiger partial charge in [0.25, 0.3) is 0 Å². The Morgan fingerprint density at radius 3 is 2.29 bits per heavy atom. The van der Waals surface area contributed by atoms with Crippen LogP contribution < -0.4 is 0 Å². The van der Waals surface area contributed by atoms with Crippen molar-refractivity contribution in [3.05, 3.63) is 35.9 Å². The molecule has 0 bridgehead atoms. The maximum atomic E-state index is 11.6. The average molecular weight is 288 g/mol. The van der Waals surface area contributed by atoms with Gasteiger partial charge in [0, 0.05) is 18.3 Å². The number of hydrogen-bond donors (Lipinski definition) is 0. The van der Waals surface area contributed by atoms with Gasteiger partial charge in [-0.3, -0.25) is 0 Å². The molecule has 0 N–H and O–H groups in total. The van der Waals surface area contributed by atoms with E-state index in [2.05, 4.69) is 24.3 Å². The molecule has 2 aliphatic rings. The Kier molecular flexibility index (Phi) is 4.41. The van der Waals surface area contributed by atoms with Crippen LogP contribution in [-0.2, 0) is 20.7 Å². The zero-order valence-corrected chi connectivity index (χ0v) is 12.6. The predicted molar refractivity (Wildman–Crippen MR) is 81.0 cm³/mol. The number of rotatable bonds is 5. The van der Waals surface area contributed by atoms with Gasteiger partial charge >= 0.3 is 0 Å². The van der Waals surface area contributed by atoms with Crippen LogP contribution in [0.4, 0.5) is 0 Å². The van der Waals surface area contributed by atoms with Gasteiger partial charge in [0.05, 0.1) is 13.2 Å². The first-order valence-corrected chi connectivity index (χ1v) is 8.04. The third kappa shape index (κ3) is 3.35. The molecule has 1 aliphatic carbocycles. The van der Waals surface area contributed by atoms with Crippen molar-refractivity contribution in [2.24, 2.45) is 5.41 Å². The first kappa shape index (κ1) is 14.7. The molecule has 1 heterocycles. The number of benzene rings is 1. The minimum atomic E-state index is -0.369. The van der Waals surface area contributed by atoms with Crippen LogP contribution >= 0.6 is 0 Å². The molecule has 114 valence electrons. The fourth-order valence-electron chi connectivity index (χ4n) is 3.63. The van der Waals surface area contributed by atoms with Gasteiger partial charge in [-0.15, -0.1) is 0 Å². The van der Waals surface area contributed by atoms with Crippen molar-refractivity contribution in [3.63, 3.8) is 0 Å². The van der Waals surface area contributed by atoms with E-state index in [1.807, 2.05) is 6.07 Å². The van der Waals surface area contributed by atoms with E-state index in [0.29, 0.717) is 13.2 Å². The smallest absolute Gasteiger partial charge is 0.168 e. The standard InChI is InChI=1S/C18H24O3/c19-15-17(8-4-7-16-5-2-1-3-6-16)9-11-18(12-10-17)20-13-14-21-18/h1-3,5-6,15H,4,7-14H2. The van der Waals surface area contributed by atoms with Gasteiger partial charge < -0.3 is 14.3 Å². The molecule has 1 aromatic rings. The van der Waals surface area contributed by atoms with Crippen LogP contribution in [-0.4, -0.2) is 25.3 Å². The van der Waals surface area contributed by atoms with Gasteiger partial charge in [0.2, 0.25) is 0 Å². The minimum Gasteiger partial charge on any atom is -0.348 e. The zero-order chi connectivity index (χ0) is 14.6.